The van der Waals surface area contributed by atoms with Gasteiger partial charge < -0.3 is 16.2 Å². The second kappa shape index (κ2) is 5.30. The predicted octanol–water partition coefficient (Wildman–Crippen LogP) is 2.48. The van der Waals surface area contributed by atoms with Gasteiger partial charge >= 0.3 is 0 Å². The molecule has 2 aromatic rings. The maximum absolute atomic E-state index is 10.0. The molecule has 0 spiro atoms. The lowest BCUT2D eigenvalue weighted by Gasteiger charge is -2.22. The number of fused-ring (bicyclic) bond motifs is 1. The molecule has 104 valence electrons. The molecule has 0 aliphatic heterocycles. The molecule has 0 radical (unpaired) electrons. The molecular formula is C13H20N4OS. The maximum Gasteiger partial charge on any atom is 0.223 e. The highest BCUT2D eigenvalue weighted by Gasteiger charge is 2.17. The van der Waals surface area contributed by atoms with E-state index in [-0.39, 0.29) is 11.4 Å². The van der Waals surface area contributed by atoms with Gasteiger partial charge in [0.25, 0.3) is 0 Å². The van der Waals surface area contributed by atoms with Gasteiger partial charge in [-0.1, -0.05) is 20.8 Å². The van der Waals surface area contributed by atoms with Gasteiger partial charge in [-0.05, 0) is 23.3 Å². The number of nitrogens with one attached hydrogen (secondary N) is 1. The van der Waals surface area contributed by atoms with Crippen molar-refractivity contribution in [1.29, 1.82) is 0 Å². The van der Waals surface area contributed by atoms with Crippen molar-refractivity contribution in [2.45, 2.75) is 33.3 Å². The van der Waals surface area contributed by atoms with Crippen LogP contribution in [0.3, 0.4) is 0 Å². The summed E-state index contributed by atoms with van der Waals surface area (Å²) in [4.78, 5) is 9.22. The van der Waals surface area contributed by atoms with Gasteiger partial charge in [0.15, 0.2) is 0 Å². The molecule has 0 fully saturated rings. The van der Waals surface area contributed by atoms with Crippen molar-refractivity contribution in [3.63, 3.8) is 0 Å². The minimum absolute atomic E-state index is 0.101. The van der Waals surface area contributed by atoms with Crippen molar-refractivity contribution in [3.05, 3.63) is 11.4 Å². The highest BCUT2D eigenvalue weighted by Crippen LogP contribution is 2.26. The molecular weight excluding hydrogens is 260 g/mol. The molecule has 0 saturated heterocycles. The van der Waals surface area contributed by atoms with Gasteiger partial charge in [0, 0.05) is 6.54 Å². The van der Waals surface area contributed by atoms with Crippen LogP contribution in [0.4, 0.5) is 11.8 Å². The maximum atomic E-state index is 10.0. The summed E-state index contributed by atoms with van der Waals surface area (Å²) >= 11 is 1.53. The van der Waals surface area contributed by atoms with Gasteiger partial charge in [0.1, 0.15) is 10.6 Å². The van der Waals surface area contributed by atoms with Gasteiger partial charge in [-0.3, -0.25) is 0 Å². The average Bonchev–Trinajstić information content (AvgIpc) is 2.71. The van der Waals surface area contributed by atoms with Crippen LogP contribution in [0.15, 0.2) is 11.4 Å². The quantitative estimate of drug-likeness (QED) is 0.801. The Labute approximate surface area is 116 Å². The zero-order valence-corrected chi connectivity index (χ0v) is 12.3. The number of aliphatic hydroxyl groups is 1. The lowest BCUT2D eigenvalue weighted by molar-refractivity contribution is 0.132. The fraction of sp³-hybridized carbons (Fsp3) is 0.538. The van der Waals surface area contributed by atoms with Crippen LogP contribution in [-0.2, 0) is 0 Å². The first kappa shape index (κ1) is 14.0. The van der Waals surface area contributed by atoms with Crippen LogP contribution < -0.4 is 11.1 Å². The molecule has 5 nitrogen and oxygen atoms in total. The summed E-state index contributed by atoms with van der Waals surface area (Å²) in [5, 5.41) is 16.1. The minimum atomic E-state index is -0.412. The normalized spacial score (nSPS) is 13.7. The zero-order valence-electron chi connectivity index (χ0n) is 11.5. The lowest BCUT2D eigenvalue weighted by Crippen LogP contribution is -2.25. The SMILES string of the molecule is CC(C)(C)CC(O)CNc1nc(N)nc2sccc12. The third kappa shape index (κ3) is 3.78. The number of hydrogen-bond acceptors (Lipinski definition) is 6. The van der Waals surface area contributed by atoms with Gasteiger partial charge in [0.2, 0.25) is 5.95 Å². The van der Waals surface area contributed by atoms with E-state index in [1.807, 2.05) is 11.4 Å². The van der Waals surface area contributed by atoms with E-state index in [9.17, 15) is 5.11 Å². The van der Waals surface area contributed by atoms with E-state index in [0.717, 1.165) is 16.6 Å². The van der Waals surface area contributed by atoms with E-state index in [4.69, 9.17) is 5.73 Å². The number of nitrogen functional groups attached to an aromatic ring is 1. The smallest absolute Gasteiger partial charge is 0.223 e. The third-order valence-electron chi connectivity index (χ3n) is 2.70. The van der Waals surface area contributed by atoms with Gasteiger partial charge in [0.05, 0.1) is 11.5 Å². The third-order valence-corrected chi connectivity index (χ3v) is 3.50. The second-order valence-corrected chi connectivity index (χ2v) is 6.76. The van der Waals surface area contributed by atoms with E-state index < -0.39 is 6.10 Å². The van der Waals surface area contributed by atoms with Crippen LogP contribution in [0.1, 0.15) is 27.2 Å². The van der Waals surface area contributed by atoms with E-state index in [2.05, 4.69) is 36.1 Å². The van der Waals surface area contributed by atoms with Crippen molar-refractivity contribution in [3.8, 4) is 0 Å². The monoisotopic (exact) mass is 280 g/mol. The Morgan fingerprint density at radius 1 is 1.42 bits per heavy atom. The molecule has 0 aliphatic carbocycles. The van der Waals surface area contributed by atoms with Crippen LogP contribution in [0.5, 0.6) is 0 Å². The molecule has 2 heterocycles. The largest absolute Gasteiger partial charge is 0.391 e. The number of nitrogens with two attached hydrogens (primary N) is 1. The summed E-state index contributed by atoms with van der Waals surface area (Å²) in [7, 11) is 0. The average molecular weight is 280 g/mol. The van der Waals surface area contributed by atoms with Crippen molar-refractivity contribution in [2.24, 2.45) is 5.41 Å². The van der Waals surface area contributed by atoms with Crippen LogP contribution >= 0.6 is 11.3 Å². The number of anilines is 2. The Hall–Kier alpha value is -1.40. The van der Waals surface area contributed by atoms with Crippen molar-refractivity contribution in [1.82, 2.24) is 9.97 Å². The summed E-state index contributed by atoms with van der Waals surface area (Å²) in [5.74, 6) is 0.944. The fourth-order valence-corrected chi connectivity index (χ4v) is 2.77. The Morgan fingerprint density at radius 3 is 2.84 bits per heavy atom. The standard InChI is InChI=1S/C13H20N4OS/c1-13(2,3)6-8(18)7-15-10-9-4-5-19-11(9)17-12(14)16-10/h4-5,8,18H,6-7H2,1-3H3,(H3,14,15,16,17). The number of thiophene rings is 1. The zero-order chi connectivity index (χ0) is 14.0. The first-order valence-corrected chi connectivity index (χ1v) is 7.16. The molecule has 0 amide bonds. The van der Waals surface area contributed by atoms with Crippen molar-refractivity contribution < 1.29 is 5.11 Å². The van der Waals surface area contributed by atoms with Crippen LogP contribution in [-0.4, -0.2) is 27.7 Å². The molecule has 0 saturated carbocycles. The lowest BCUT2D eigenvalue weighted by atomic mass is 9.89. The van der Waals surface area contributed by atoms with Gasteiger partial charge in [-0.2, -0.15) is 4.98 Å². The summed E-state index contributed by atoms with van der Waals surface area (Å²) in [6, 6.07) is 1.96. The Morgan fingerprint density at radius 2 is 2.16 bits per heavy atom. The molecule has 19 heavy (non-hydrogen) atoms. The number of aliphatic hydroxyl groups excluding tert-OH is 1. The summed E-state index contributed by atoms with van der Waals surface area (Å²) in [6.45, 7) is 6.78. The van der Waals surface area contributed by atoms with E-state index >= 15 is 0 Å². The molecule has 1 unspecified atom stereocenters. The van der Waals surface area contributed by atoms with Crippen LogP contribution in [0.2, 0.25) is 0 Å². The number of rotatable bonds is 4. The molecule has 2 aromatic heterocycles. The Kier molecular flexibility index (Phi) is 3.91. The van der Waals surface area contributed by atoms with Crippen LogP contribution in [0.25, 0.3) is 10.2 Å². The molecule has 6 heteroatoms. The molecule has 1 atom stereocenters. The van der Waals surface area contributed by atoms with Crippen LogP contribution in [0, 0.1) is 5.41 Å². The van der Waals surface area contributed by atoms with Crippen molar-refractivity contribution in [2.75, 3.05) is 17.6 Å². The Bertz CT molecular complexity index is 561. The molecule has 0 bridgehead atoms. The Balaban J connectivity index is 2.07. The second-order valence-electron chi connectivity index (χ2n) is 5.87. The summed E-state index contributed by atoms with van der Waals surface area (Å²) < 4.78 is 0. The number of nitrogens with zero attached hydrogens (tertiary/aromatic N) is 2. The topological polar surface area (TPSA) is 84.1 Å². The highest BCUT2D eigenvalue weighted by molar-refractivity contribution is 7.16. The van der Waals surface area contributed by atoms with E-state index in [1.165, 1.54) is 11.3 Å². The predicted molar refractivity (Wildman–Crippen MR) is 80.4 cm³/mol. The molecule has 0 aromatic carbocycles. The van der Waals surface area contributed by atoms with Crippen molar-refractivity contribution >= 4 is 33.3 Å². The number of hydrogen-bond donors (Lipinski definition) is 3. The van der Waals surface area contributed by atoms with E-state index in [0.29, 0.717) is 12.4 Å². The summed E-state index contributed by atoms with van der Waals surface area (Å²) in [5.41, 5.74) is 5.77. The first-order chi connectivity index (χ1) is 8.85. The fourth-order valence-electron chi connectivity index (χ4n) is 2.00. The van der Waals surface area contributed by atoms with E-state index in [1.54, 1.807) is 0 Å². The molecule has 0 aliphatic rings. The molecule has 2 rings (SSSR count). The van der Waals surface area contributed by atoms with Gasteiger partial charge in [-0.15, -0.1) is 11.3 Å². The number of aromatic nitrogens is 2. The van der Waals surface area contributed by atoms with Gasteiger partial charge in [-0.25, -0.2) is 4.98 Å². The molecule has 4 N–H and O–H groups in total. The highest BCUT2D eigenvalue weighted by atomic mass is 32.1. The summed E-state index contributed by atoms with van der Waals surface area (Å²) in [6.07, 6.45) is 0.317. The minimum Gasteiger partial charge on any atom is -0.391 e. The first-order valence-electron chi connectivity index (χ1n) is 6.28.